The molecule has 19 heavy (non-hydrogen) atoms. The van der Waals surface area contributed by atoms with Gasteiger partial charge in [-0.2, -0.15) is 0 Å². The number of fused-ring (bicyclic) bond motifs is 1. The maximum absolute atomic E-state index is 10.2. The molecular weight excluding hydrogens is 236 g/mol. The van der Waals surface area contributed by atoms with E-state index in [-0.39, 0.29) is 6.10 Å². The molecule has 1 N–H and O–H groups in total. The van der Waals surface area contributed by atoms with Crippen LogP contribution in [0.1, 0.15) is 55.2 Å². The Hall–Kier alpha value is -0.800. The zero-order valence-corrected chi connectivity index (χ0v) is 12.4. The Balaban J connectivity index is 1.93. The summed E-state index contributed by atoms with van der Waals surface area (Å²) in [5, 5.41) is 10.2. The molecule has 3 rings (SSSR count). The van der Waals surface area contributed by atoms with Crippen LogP contribution in [0.5, 0.6) is 0 Å². The largest absolute Gasteiger partial charge is 0.388 e. The molecule has 1 atom stereocenters. The highest BCUT2D eigenvalue weighted by molar-refractivity contribution is 5.32. The lowest BCUT2D eigenvalue weighted by Gasteiger charge is -2.48. The summed E-state index contributed by atoms with van der Waals surface area (Å²) in [5.41, 5.74) is 4.25. The minimum absolute atomic E-state index is 0.236. The smallest absolute Gasteiger partial charge is 0.0807 e. The van der Waals surface area contributed by atoms with Crippen LogP contribution in [0.3, 0.4) is 0 Å². The number of likely N-dealkylation sites (N-methyl/N-ethyl adjacent to an activating group) is 1. The number of aliphatic hydroxyl groups excluding tert-OH is 1. The maximum atomic E-state index is 10.2. The fraction of sp³-hybridized carbons (Fsp3) is 0.750. The van der Waals surface area contributed by atoms with Gasteiger partial charge in [-0.25, -0.2) is 0 Å². The molecule has 3 nitrogen and oxygen atoms in total. The lowest BCUT2D eigenvalue weighted by Crippen LogP contribution is -2.53. The van der Waals surface area contributed by atoms with Gasteiger partial charge in [0.25, 0.3) is 0 Å². The van der Waals surface area contributed by atoms with E-state index in [9.17, 15) is 5.11 Å². The molecule has 0 spiro atoms. The van der Waals surface area contributed by atoms with E-state index in [1.54, 1.807) is 0 Å². The summed E-state index contributed by atoms with van der Waals surface area (Å²) in [6.45, 7) is 3.28. The first-order valence-electron chi connectivity index (χ1n) is 7.58. The van der Waals surface area contributed by atoms with Crippen LogP contribution < -0.4 is 0 Å². The number of hydrogen-bond acceptors (Lipinski definition) is 2. The fourth-order valence-corrected chi connectivity index (χ4v) is 3.79. The highest BCUT2D eigenvalue weighted by Gasteiger charge is 2.40. The Morgan fingerprint density at radius 2 is 2.11 bits per heavy atom. The van der Waals surface area contributed by atoms with Gasteiger partial charge in [-0.3, -0.25) is 0 Å². The minimum Gasteiger partial charge on any atom is -0.388 e. The first-order chi connectivity index (χ1) is 9.03. The standard InChI is InChI=1S/C16H26N2O/c1-12-10-13-14(6-4-7-15(13)19)18(12)11-16(17(2)3)8-5-9-16/h10,15,19H,4-9,11H2,1-3H3. The van der Waals surface area contributed by atoms with Crippen LogP contribution in [0.4, 0.5) is 0 Å². The van der Waals surface area contributed by atoms with E-state index in [1.807, 2.05) is 0 Å². The van der Waals surface area contributed by atoms with E-state index in [4.69, 9.17) is 0 Å². The van der Waals surface area contributed by atoms with E-state index >= 15 is 0 Å². The Bertz CT molecular complexity index is 471. The molecule has 106 valence electrons. The zero-order chi connectivity index (χ0) is 13.6. The Morgan fingerprint density at radius 1 is 1.37 bits per heavy atom. The topological polar surface area (TPSA) is 28.4 Å². The summed E-state index contributed by atoms with van der Waals surface area (Å²) in [4.78, 5) is 2.40. The predicted molar refractivity (Wildman–Crippen MR) is 77.3 cm³/mol. The van der Waals surface area contributed by atoms with Gasteiger partial charge in [-0.15, -0.1) is 0 Å². The van der Waals surface area contributed by atoms with Gasteiger partial charge in [0.05, 0.1) is 6.10 Å². The summed E-state index contributed by atoms with van der Waals surface area (Å²) in [5.74, 6) is 0. The molecule has 0 saturated heterocycles. The molecule has 0 bridgehead atoms. The van der Waals surface area contributed by atoms with E-state index < -0.39 is 0 Å². The average molecular weight is 262 g/mol. The number of hydrogen-bond donors (Lipinski definition) is 1. The molecular formula is C16H26N2O. The summed E-state index contributed by atoms with van der Waals surface area (Å²) in [6.07, 6.45) is 6.89. The number of aryl methyl sites for hydroxylation is 1. The summed E-state index contributed by atoms with van der Waals surface area (Å²) >= 11 is 0. The van der Waals surface area contributed by atoms with E-state index in [2.05, 4.69) is 36.6 Å². The Kier molecular flexibility index (Phi) is 3.22. The van der Waals surface area contributed by atoms with Gasteiger partial charge in [0.2, 0.25) is 0 Å². The van der Waals surface area contributed by atoms with Crippen LogP contribution in [-0.4, -0.2) is 34.2 Å². The summed E-state index contributed by atoms with van der Waals surface area (Å²) in [6, 6.07) is 2.21. The van der Waals surface area contributed by atoms with Gasteiger partial charge in [0, 0.05) is 29.0 Å². The molecule has 1 aromatic heterocycles. The van der Waals surface area contributed by atoms with Crippen molar-refractivity contribution in [1.82, 2.24) is 9.47 Å². The normalized spacial score (nSPS) is 25.2. The highest BCUT2D eigenvalue weighted by atomic mass is 16.3. The van der Waals surface area contributed by atoms with Gasteiger partial charge in [-0.1, -0.05) is 0 Å². The SMILES string of the molecule is Cc1cc2c(n1CC1(N(C)C)CCC1)CCCC2O. The van der Waals surface area contributed by atoms with Crippen LogP contribution in [0.25, 0.3) is 0 Å². The fourth-order valence-electron chi connectivity index (χ4n) is 3.79. The first-order valence-corrected chi connectivity index (χ1v) is 7.58. The van der Waals surface area contributed by atoms with Crippen LogP contribution >= 0.6 is 0 Å². The summed E-state index contributed by atoms with van der Waals surface area (Å²) < 4.78 is 2.48. The highest BCUT2D eigenvalue weighted by Crippen LogP contribution is 2.40. The molecule has 1 saturated carbocycles. The van der Waals surface area contributed by atoms with Crippen molar-refractivity contribution >= 4 is 0 Å². The van der Waals surface area contributed by atoms with Crippen LogP contribution in [0.15, 0.2) is 6.07 Å². The Morgan fingerprint density at radius 3 is 2.68 bits per heavy atom. The predicted octanol–water partition coefficient (Wildman–Crippen LogP) is 2.65. The van der Waals surface area contributed by atoms with Crippen molar-refractivity contribution in [1.29, 1.82) is 0 Å². The third-order valence-corrected chi connectivity index (χ3v) is 5.38. The minimum atomic E-state index is -0.236. The molecule has 0 aromatic carbocycles. The number of aromatic nitrogens is 1. The second kappa shape index (κ2) is 4.64. The van der Waals surface area contributed by atoms with E-state index in [0.717, 1.165) is 25.8 Å². The van der Waals surface area contributed by atoms with Gasteiger partial charge < -0.3 is 14.6 Å². The molecule has 0 aliphatic heterocycles. The third-order valence-electron chi connectivity index (χ3n) is 5.38. The molecule has 1 fully saturated rings. The van der Waals surface area contributed by atoms with Crippen molar-refractivity contribution in [2.75, 3.05) is 14.1 Å². The zero-order valence-electron chi connectivity index (χ0n) is 12.4. The van der Waals surface area contributed by atoms with Crippen molar-refractivity contribution < 1.29 is 5.11 Å². The lowest BCUT2D eigenvalue weighted by molar-refractivity contribution is 0.0407. The second-order valence-corrected chi connectivity index (χ2v) is 6.65. The van der Waals surface area contributed by atoms with Crippen LogP contribution in [-0.2, 0) is 13.0 Å². The number of rotatable bonds is 3. The molecule has 2 aliphatic carbocycles. The van der Waals surface area contributed by atoms with E-state index in [1.165, 1.54) is 36.2 Å². The van der Waals surface area contributed by atoms with Gasteiger partial charge in [0.1, 0.15) is 0 Å². The van der Waals surface area contributed by atoms with Gasteiger partial charge >= 0.3 is 0 Å². The van der Waals surface area contributed by atoms with Gasteiger partial charge in [-0.05, 0) is 65.6 Å². The molecule has 1 aromatic rings. The number of nitrogens with zero attached hydrogens (tertiary/aromatic N) is 2. The van der Waals surface area contributed by atoms with Crippen LogP contribution in [0.2, 0.25) is 0 Å². The van der Waals surface area contributed by atoms with Crippen LogP contribution in [0, 0.1) is 6.92 Å². The molecule has 2 aliphatic rings. The summed E-state index contributed by atoms with van der Waals surface area (Å²) in [7, 11) is 4.42. The molecule has 3 heteroatoms. The van der Waals surface area contributed by atoms with Crippen molar-refractivity contribution in [3.63, 3.8) is 0 Å². The van der Waals surface area contributed by atoms with Crippen molar-refractivity contribution in [2.45, 2.75) is 63.6 Å². The van der Waals surface area contributed by atoms with Crippen molar-refractivity contribution in [3.8, 4) is 0 Å². The Labute approximate surface area is 116 Å². The van der Waals surface area contributed by atoms with E-state index in [0.29, 0.717) is 5.54 Å². The lowest BCUT2D eigenvalue weighted by atomic mass is 9.75. The molecule has 0 radical (unpaired) electrons. The second-order valence-electron chi connectivity index (χ2n) is 6.65. The number of aliphatic hydroxyl groups is 1. The van der Waals surface area contributed by atoms with Crippen molar-refractivity contribution in [3.05, 3.63) is 23.0 Å². The molecule has 1 unspecified atom stereocenters. The first kappa shape index (κ1) is 13.2. The molecule has 0 amide bonds. The average Bonchev–Trinajstić information content (AvgIpc) is 2.61. The third kappa shape index (κ3) is 2.03. The maximum Gasteiger partial charge on any atom is 0.0807 e. The van der Waals surface area contributed by atoms with Gasteiger partial charge in [0.15, 0.2) is 0 Å². The molecule has 1 heterocycles. The quantitative estimate of drug-likeness (QED) is 0.907. The monoisotopic (exact) mass is 262 g/mol. The van der Waals surface area contributed by atoms with Crippen molar-refractivity contribution in [2.24, 2.45) is 0 Å².